The zero-order valence-electron chi connectivity index (χ0n) is 14.9. The number of hydrogen-bond donors (Lipinski definition) is 1. The molecule has 132 valence electrons. The lowest BCUT2D eigenvalue weighted by Gasteiger charge is -2.33. The molecule has 2 atom stereocenters. The van der Waals surface area contributed by atoms with E-state index in [9.17, 15) is 9.90 Å². The van der Waals surface area contributed by atoms with Crippen LogP contribution in [0, 0.1) is 6.92 Å². The molecular formula is C23H23NO2. The molecule has 2 unspecified atom stereocenters. The Morgan fingerprint density at radius 2 is 1.77 bits per heavy atom. The highest BCUT2D eigenvalue weighted by Crippen LogP contribution is 2.38. The number of nitrogens with zero attached hydrogens (tertiary/aromatic N) is 1. The maximum atomic E-state index is 11.9. The average Bonchev–Trinajstić information content (AvgIpc) is 3.13. The van der Waals surface area contributed by atoms with E-state index in [2.05, 4.69) is 72.5 Å². The molecule has 3 heteroatoms. The molecule has 0 aliphatic carbocycles. The normalized spacial score (nSPS) is 18.9. The van der Waals surface area contributed by atoms with Gasteiger partial charge in [0.1, 0.15) is 6.04 Å². The average molecular weight is 345 g/mol. The third-order valence-electron chi connectivity index (χ3n) is 5.42. The fourth-order valence-electron chi connectivity index (χ4n) is 4.15. The number of aliphatic carboxylic acids is 1. The third kappa shape index (κ3) is 2.99. The first kappa shape index (κ1) is 16.8. The fraction of sp³-hybridized carbons (Fsp3) is 0.261. The summed E-state index contributed by atoms with van der Waals surface area (Å²) < 4.78 is 0. The Balaban J connectivity index is 1.90. The van der Waals surface area contributed by atoms with E-state index in [1.807, 2.05) is 6.07 Å². The summed E-state index contributed by atoms with van der Waals surface area (Å²) in [4.78, 5) is 14.0. The van der Waals surface area contributed by atoms with Gasteiger partial charge in [-0.15, -0.1) is 0 Å². The van der Waals surface area contributed by atoms with Crippen molar-refractivity contribution in [3.63, 3.8) is 0 Å². The second-order valence-corrected chi connectivity index (χ2v) is 7.12. The molecule has 0 radical (unpaired) electrons. The van der Waals surface area contributed by atoms with Crippen molar-refractivity contribution in [3.05, 3.63) is 83.4 Å². The lowest BCUT2D eigenvalue weighted by Crippen LogP contribution is -2.39. The van der Waals surface area contributed by atoms with Gasteiger partial charge < -0.3 is 5.11 Å². The van der Waals surface area contributed by atoms with Gasteiger partial charge in [-0.05, 0) is 41.7 Å². The second-order valence-electron chi connectivity index (χ2n) is 7.12. The van der Waals surface area contributed by atoms with E-state index in [-0.39, 0.29) is 6.04 Å². The number of aryl methyl sites for hydroxylation is 1. The van der Waals surface area contributed by atoms with Crippen LogP contribution in [-0.2, 0) is 4.79 Å². The molecule has 1 N–H and O–H groups in total. The Hall–Kier alpha value is -2.65. The number of carboxylic acids is 1. The highest BCUT2D eigenvalue weighted by molar-refractivity contribution is 5.86. The van der Waals surface area contributed by atoms with E-state index in [1.165, 1.54) is 21.9 Å². The lowest BCUT2D eigenvalue weighted by atomic mass is 9.91. The molecule has 4 rings (SSSR count). The number of likely N-dealkylation sites (tertiary alicyclic amines) is 1. The summed E-state index contributed by atoms with van der Waals surface area (Å²) in [6, 6.07) is 22.7. The minimum absolute atomic E-state index is 0.0506. The smallest absolute Gasteiger partial charge is 0.320 e. The third-order valence-corrected chi connectivity index (χ3v) is 5.42. The molecule has 3 aromatic carbocycles. The summed E-state index contributed by atoms with van der Waals surface area (Å²) in [5.41, 5.74) is 3.54. The zero-order chi connectivity index (χ0) is 18.1. The molecule has 26 heavy (non-hydrogen) atoms. The molecular weight excluding hydrogens is 322 g/mol. The van der Waals surface area contributed by atoms with Crippen LogP contribution < -0.4 is 0 Å². The Morgan fingerprint density at radius 1 is 1.04 bits per heavy atom. The topological polar surface area (TPSA) is 40.5 Å². The van der Waals surface area contributed by atoms with Crippen LogP contribution in [0.2, 0.25) is 0 Å². The van der Waals surface area contributed by atoms with Crippen LogP contribution in [-0.4, -0.2) is 28.6 Å². The molecule has 0 spiro atoms. The monoisotopic (exact) mass is 345 g/mol. The van der Waals surface area contributed by atoms with E-state index < -0.39 is 12.0 Å². The van der Waals surface area contributed by atoms with Crippen molar-refractivity contribution in [3.8, 4) is 0 Å². The fourth-order valence-corrected chi connectivity index (χ4v) is 4.15. The van der Waals surface area contributed by atoms with Gasteiger partial charge >= 0.3 is 5.97 Å². The van der Waals surface area contributed by atoms with Gasteiger partial charge in [0.15, 0.2) is 0 Å². The van der Waals surface area contributed by atoms with E-state index in [0.29, 0.717) is 6.42 Å². The first-order chi connectivity index (χ1) is 12.6. The standard InChI is InChI=1S/C23H23NO2/c1-16-11-13-18(14-12-16)22(24-15-5-10-21(24)23(25)26)20-9-4-7-17-6-2-3-8-19(17)20/h2-4,6-9,11-14,21-22H,5,10,15H2,1H3,(H,25,26). The molecule has 3 nitrogen and oxygen atoms in total. The van der Waals surface area contributed by atoms with Gasteiger partial charge in [0.2, 0.25) is 0 Å². The summed E-state index contributed by atoms with van der Waals surface area (Å²) in [6.07, 6.45) is 1.63. The molecule has 3 aromatic rings. The maximum absolute atomic E-state index is 11.9. The Morgan fingerprint density at radius 3 is 2.54 bits per heavy atom. The van der Waals surface area contributed by atoms with Gasteiger partial charge in [-0.25, -0.2) is 0 Å². The van der Waals surface area contributed by atoms with Crippen molar-refractivity contribution in [1.82, 2.24) is 4.90 Å². The Kier molecular flexibility index (Phi) is 4.48. The molecule has 1 heterocycles. The van der Waals surface area contributed by atoms with Gasteiger partial charge in [0.25, 0.3) is 0 Å². The summed E-state index contributed by atoms with van der Waals surface area (Å²) in [7, 11) is 0. The zero-order valence-corrected chi connectivity index (χ0v) is 14.9. The molecule has 1 saturated heterocycles. The van der Waals surface area contributed by atoms with Crippen molar-refractivity contribution in [2.75, 3.05) is 6.54 Å². The number of benzene rings is 3. The van der Waals surface area contributed by atoms with Crippen molar-refractivity contribution in [2.24, 2.45) is 0 Å². The van der Waals surface area contributed by atoms with E-state index >= 15 is 0 Å². The van der Waals surface area contributed by atoms with Crippen LogP contribution >= 0.6 is 0 Å². The lowest BCUT2D eigenvalue weighted by molar-refractivity contribution is -0.142. The van der Waals surface area contributed by atoms with Crippen LogP contribution in [0.1, 0.15) is 35.6 Å². The van der Waals surface area contributed by atoms with E-state index in [0.717, 1.165) is 18.5 Å². The molecule has 1 aliphatic heterocycles. The van der Waals surface area contributed by atoms with Crippen molar-refractivity contribution in [2.45, 2.75) is 31.8 Å². The Bertz CT molecular complexity index is 927. The minimum atomic E-state index is -0.722. The minimum Gasteiger partial charge on any atom is -0.480 e. The van der Waals surface area contributed by atoms with Crippen molar-refractivity contribution in [1.29, 1.82) is 0 Å². The van der Waals surface area contributed by atoms with Crippen LogP contribution in [0.25, 0.3) is 10.8 Å². The maximum Gasteiger partial charge on any atom is 0.320 e. The number of carboxylic acid groups (broad SMARTS) is 1. The predicted molar refractivity (Wildman–Crippen MR) is 104 cm³/mol. The number of rotatable bonds is 4. The Labute approximate surface area is 153 Å². The van der Waals surface area contributed by atoms with Gasteiger partial charge in [-0.1, -0.05) is 72.3 Å². The van der Waals surface area contributed by atoms with Crippen molar-refractivity contribution >= 4 is 16.7 Å². The molecule has 1 fully saturated rings. The molecule has 0 saturated carbocycles. The summed E-state index contributed by atoms with van der Waals surface area (Å²) >= 11 is 0. The number of carbonyl (C=O) groups is 1. The van der Waals surface area contributed by atoms with E-state index in [1.54, 1.807) is 0 Å². The predicted octanol–water partition coefficient (Wildman–Crippen LogP) is 4.79. The highest BCUT2D eigenvalue weighted by atomic mass is 16.4. The summed E-state index contributed by atoms with van der Waals surface area (Å²) in [5, 5.41) is 12.1. The van der Waals surface area contributed by atoms with Gasteiger partial charge in [-0.3, -0.25) is 9.69 Å². The summed E-state index contributed by atoms with van der Waals surface area (Å²) in [6.45, 7) is 2.88. The van der Waals surface area contributed by atoms with E-state index in [4.69, 9.17) is 0 Å². The quantitative estimate of drug-likeness (QED) is 0.739. The molecule has 0 amide bonds. The number of hydrogen-bond acceptors (Lipinski definition) is 2. The number of fused-ring (bicyclic) bond motifs is 1. The van der Waals surface area contributed by atoms with Crippen molar-refractivity contribution < 1.29 is 9.90 Å². The van der Waals surface area contributed by atoms with Gasteiger partial charge in [-0.2, -0.15) is 0 Å². The van der Waals surface area contributed by atoms with Crippen LogP contribution in [0.5, 0.6) is 0 Å². The first-order valence-corrected chi connectivity index (χ1v) is 9.18. The SMILES string of the molecule is Cc1ccc(C(c2cccc3ccccc23)N2CCCC2C(=O)O)cc1. The summed E-state index contributed by atoms with van der Waals surface area (Å²) in [5.74, 6) is -0.722. The van der Waals surface area contributed by atoms with Crippen LogP contribution in [0.3, 0.4) is 0 Å². The van der Waals surface area contributed by atoms with Crippen LogP contribution in [0.15, 0.2) is 66.7 Å². The largest absolute Gasteiger partial charge is 0.480 e. The van der Waals surface area contributed by atoms with Gasteiger partial charge in [0, 0.05) is 6.54 Å². The highest BCUT2D eigenvalue weighted by Gasteiger charge is 2.37. The van der Waals surface area contributed by atoms with Crippen LogP contribution in [0.4, 0.5) is 0 Å². The first-order valence-electron chi connectivity index (χ1n) is 9.18. The second kappa shape index (κ2) is 6.93. The molecule has 1 aliphatic rings. The van der Waals surface area contributed by atoms with Gasteiger partial charge in [0.05, 0.1) is 6.04 Å². The molecule has 0 bridgehead atoms. The molecule has 0 aromatic heterocycles.